The third kappa shape index (κ3) is 2.45. The Balaban J connectivity index is 1.75. The maximum Gasteiger partial charge on any atom is 0.214 e. The van der Waals surface area contributed by atoms with E-state index < -0.39 is 5.97 Å². The third-order valence-corrected chi connectivity index (χ3v) is 4.43. The second-order valence-electron chi connectivity index (χ2n) is 5.59. The van der Waals surface area contributed by atoms with Crippen molar-refractivity contribution in [2.45, 2.75) is 0 Å². The Hall–Kier alpha value is -3.18. The van der Waals surface area contributed by atoms with Gasteiger partial charge in [-0.3, -0.25) is 10.2 Å². The van der Waals surface area contributed by atoms with Gasteiger partial charge in [-0.05, 0) is 23.6 Å². The lowest BCUT2D eigenvalue weighted by atomic mass is 10.1. The molecule has 25 heavy (non-hydrogen) atoms. The molecule has 3 aromatic rings. The lowest BCUT2D eigenvalue weighted by Gasteiger charge is -2.08. The zero-order valence-corrected chi connectivity index (χ0v) is 13.5. The topological polar surface area (TPSA) is 81.6 Å². The Morgan fingerprint density at radius 1 is 1.04 bits per heavy atom. The normalized spacial score (nSPS) is 14.3. The minimum absolute atomic E-state index is 0.0762. The molecule has 0 unspecified atom stereocenters. The molecule has 0 fully saturated rings. The number of hydrogen-bond acceptors (Lipinski definition) is 5. The Bertz CT molecular complexity index is 1080. The summed E-state index contributed by atoms with van der Waals surface area (Å²) in [7, 11) is 0. The van der Waals surface area contributed by atoms with E-state index in [1.165, 1.54) is 12.1 Å². The molecule has 1 aliphatic rings. The highest BCUT2D eigenvalue weighted by atomic mass is 35.5. The largest absolute Gasteiger partial charge is 0.545 e. The van der Waals surface area contributed by atoms with Gasteiger partial charge in [-0.2, -0.15) is 5.10 Å². The van der Waals surface area contributed by atoms with Gasteiger partial charge in [0.15, 0.2) is 0 Å². The standard InChI is InChI=1S/C19H11ClN2O3/c20-15-8-7-11(9-14(15)19(24)25)21-22-17-12-5-1-3-10-4-2-6-13(16(10)12)18(17)23/h1-9,21H,(H,24,25)/p-1/b22-17-. The number of carboxylic acid groups (broad SMARTS) is 1. The summed E-state index contributed by atoms with van der Waals surface area (Å²) in [5.74, 6) is -1.55. The van der Waals surface area contributed by atoms with Crippen molar-refractivity contribution in [3.05, 3.63) is 76.3 Å². The van der Waals surface area contributed by atoms with Crippen molar-refractivity contribution in [1.29, 1.82) is 0 Å². The first kappa shape index (κ1) is 15.4. The number of benzene rings is 3. The molecule has 0 aromatic heterocycles. The Labute approximate surface area is 147 Å². The molecule has 0 aliphatic heterocycles. The number of hydrazone groups is 1. The van der Waals surface area contributed by atoms with Crippen LogP contribution in [0.2, 0.25) is 5.02 Å². The number of ketones is 1. The van der Waals surface area contributed by atoms with E-state index in [0.717, 1.165) is 16.3 Å². The van der Waals surface area contributed by atoms with E-state index >= 15 is 0 Å². The molecule has 5 nitrogen and oxygen atoms in total. The molecule has 6 heteroatoms. The number of hydrogen-bond donors (Lipinski definition) is 1. The highest BCUT2D eigenvalue weighted by molar-refractivity contribution is 6.59. The quantitative estimate of drug-likeness (QED) is 0.737. The lowest BCUT2D eigenvalue weighted by Crippen LogP contribution is -2.22. The average molecular weight is 350 g/mol. The third-order valence-electron chi connectivity index (χ3n) is 4.10. The first-order valence-electron chi connectivity index (χ1n) is 7.47. The van der Waals surface area contributed by atoms with Gasteiger partial charge in [0.25, 0.3) is 0 Å². The molecule has 0 saturated carbocycles. The fraction of sp³-hybridized carbons (Fsp3) is 0. The van der Waals surface area contributed by atoms with Gasteiger partial charge in [0, 0.05) is 27.1 Å². The van der Waals surface area contributed by atoms with E-state index in [4.69, 9.17) is 11.6 Å². The first-order valence-corrected chi connectivity index (χ1v) is 7.85. The number of carbonyl (C=O) groups is 2. The van der Waals surface area contributed by atoms with Gasteiger partial charge < -0.3 is 9.90 Å². The van der Waals surface area contributed by atoms with Gasteiger partial charge in [0.2, 0.25) is 5.78 Å². The maximum atomic E-state index is 12.6. The molecule has 0 amide bonds. The van der Waals surface area contributed by atoms with Crippen LogP contribution in [0.4, 0.5) is 5.69 Å². The molecule has 1 aliphatic carbocycles. The number of halogens is 1. The molecule has 0 heterocycles. The highest BCUT2D eigenvalue weighted by Gasteiger charge is 2.28. The van der Waals surface area contributed by atoms with Crippen molar-refractivity contribution >= 4 is 45.5 Å². The molecule has 0 atom stereocenters. The van der Waals surface area contributed by atoms with Crippen molar-refractivity contribution in [3.8, 4) is 0 Å². The number of carboxylic acids is 1. The molecule has 0 bridgehead atoms. The number of anilines is 1. The van der Waals surface area contributed by atoms with Crippen LogP contribution in [-0.2, 0) is 0 Å². The van der Waals surface area contributed by atoms with Gasteiger partial charge >= 0.3 is 0 Å². The second kappa shape index (κ2) is 5.72. The summed E-state index contributed by atoms with van der Waals surface area (Å²) in [5.41, 5.74) is 4.64. The average Bonchev–Trinajstić information content (AvgIpc) is 2.88. The summed E-state index contributed by atoms with van der Waals surface area (Å²) in [6, 6.07) is 15.5. The second-order valence-corrected chi connectivity index (χ2v) is 6.00. The molecule has 0 saturated heterocycles. The summed E-state index contributed by atoms with van der Waals surface area (Å²) in [4.78, 5) is 23.7. The number of rotatable bonds is 3. The van der Waals surface area contributed by atoms with Crippen LogP contribution in [0, 0.1) is 0 Å². The summed E-state index contributed by atoms with van der Waals surface area (Å²) in [6.45, 7) is 0. The SMILES string of the molecule is O=C([O-])c1cc(N/N=C2\C(=O)c3cccc4cccc2c34)ccc1Cl. The van der Waals surface area contributed by atoms with Crippen molar-refractivity contribution in [3.63, 3.8) is 0 Å². The van der Waals surface area contributed by atoms with E-state index in [9.17, 15) is 14.7 Å². The molecular weight excluding hydrogens is 340 g/mol. The molecule has 0 spiro atoms. The molecule has 1 N–H and O–H groups in total. The lowest BCUT2D eigenvalue weighted by molar-refractivity contribution is -0.255. The predicted octanol–water partition coefficient (Wildman–Crippen LogP) is 2.87. The zero-order chi connectivity index (χ0) is 17.6. The van der Waals surface area contributed by atoms with Crippen LogP contribution >= 0.6 is 11.6 Å². The Kier molecular flexibility index (Phi) is 3.51. The van der Waals surface area contributed by atoms with Crippen molar-refractivity contribution in [2.24, 2.45) is 5.10 Å². The monoisotopic (exact) mass is 349 g/mol. The Morgan fingerprint density at radius 3 is 2.48 bits per heavy atom. The van der Waals surface area contributed by atoms with Crippen LogP contribution in [0.5, 0.6) is 0 Å². The van der Waals surface area contributed by atoms with Crippen LogP contribution in [0.3, 0.4) is 0 Å². The smallest absolute Gasteiger partial charge is 0.214 e. The summed E-state index contributed by atoms with van der Waals surface area (Å²) in [6.07, 6.45) is 0. The van der Waals surface area contributed by atoms with Crippen LogP contribution in [0.15, 0.2) is 59.7 Å². The fourth-order valence-electron chi connectivity index (χ4n) is 2.96. The number of nitrogens with one attached hydrogen (secondary N) is 1. The molecular formula is C19H10ClN2O3-. The van der Waals surface area contributed by atoms with Gasteiger partial charge in [-0.1, -0.05) is 48.0 Å². The van der Waals surface area contributed by atoms with Crippen molar-refractivity contribution < 1.29 is 14.7 Å². The van der Waals surface area contributed by atoms with Gasteiger partial charge in [-0.25, -0.2) is 0 Å². The summed E-state index contributed by atoms with van der Waals surface area (Å²) >= 11 is 5.82. The van der Waals surface area contributed by atoms with Crippen LogP contribution < -0.4 is 10.5 Å². The number of aromatic carboxylic acids is 1. The van der Waals surface area contributed by atoms with Crippen LogP contribution in [0.25, 0.3) is 10.8 Å². The zero-order valence-electron chi connectivity index (χ0n) is 12.7. The predicted molar refractivity (Wildman–Crippen MR) is 94.2 cm³/mol. The molecule has 3 aromatic carbocycles. The summed E-state index contributed by atoms with van der Waals surface area (Å²) in [5, 5.41) is 17.2. The fourth-order valence-corrected chi connectivity index (χ4v) is 3.15. The number of carbonyl (C=O) groups excluding carboxylic acids is 2. The van der Waals surface area contributed by atoms with Crippen LogP contribution in [-0.4, -0.2) is 17.5 Å². The van der Waals surface area contributed by atoms with E-state index in [1.807, 2.05) is 30.3 Å². The number of Topliss-reactive ketones (excluding diaryl/α,β-unsaturated/α-hetero) is 1. The molecule has 4 rings (SSSR count). The minimum atomic E-state index is -1.38. The summed E-state index contributed by atoms with van der Waals surface area (Å²) < 4.78 is 0. The van der Waals surface area contributed by atoms with E-state index in [-0.39, 0.29) is 22.1 Å². The van der Waals surface area contributed by atoms with Gasteiger partial charge in [0.1, 0.15) is 5.71 Å². The van der Waals surface area contributed by atoms with Gasteiger partial charge in [-0.15, -0.1) is 0 Å². The van der Waals surface area contributed by atoms with E-state index in [1.54, 1.807) is 12.1 Å². The van der Waals surface area contributed by atoms with Gasteiger partial charge in [0.05, 0.1) is 11.7 Å². The van der Waals surface area contributed by atoms with E-state index in [2.05, 4.69) is 10.5 Å². The number of nitrogens with zero attached hydrogens (tertiary/aromatic N) is 1. The van der Waals surface area contributed by atoms with Crippen LogP contribution in [0.1, 0.15) is 26.3 Å². The maximum absolute atomic E-state index is 12.6. The first-order chi connectivity index (χ1) is 12.1. The van der Waals surface area contributed by atoms with Crippen molar-refractivity contribution in [2.75, 3.05) is 5.43 Å². The van der Waals surface area contributed by atoms with E-state index in [0.29, 0.717) is 11.3 Å². The highest BCUT2D eigenvalue weighted by Crippen LogP contribution is 2.31. The Morgan fingerprint density at radius 2 is 1.76 bits per heavy atom. The van der Waals surface area contributed by atoms with Crippen molar-refractivity contribution in [1.82, 2.24) is 0 Å². The minimum Gasteiger partial charge on any atom is -0.545 e. The molecule has 0 radical (unpaired) electrons. The molecule has 122 valence electrons.